The molecule has 136 valence electrons. The fourth-order valence-electron chi connectivity index (χ4n) is 2.70. The SMILES string of the molecule is CC(C)c1ccc(OCCOCCn2cnc3ccccc3c2=O)cc1. The standard InChI is InChI=1S/C21H24N2O3/c1-16(2)17-7-9-18(10-8-17)26-14-13-25-12-11-23-15-22-20-6-4-3-5-19(20)21(23)24/h3-10,15-16H,11-14H2,1-2H3. The van der Waals surface area contributed by atoms with Crippen LogP contribution in [-0.2, 0) is 11.3 Å². The van der Waals surface area contributed by atoms with Crippen LogP contribution in [0.5, 0.6) is 5.75 Å². The van der Waals surface area contributed by atoms with E-state index in [9.17, 15) is 4.79 Å². The summed E-state index contributed by atoms with van der Waals surface area (Å²) in [5.41, 5.74) is 1.97. The second-order valence-corrected chi connectivity index (χ2v) is 6.44. The summed E-state index contributed by atoms with van der Waals surface area (Å²) in [6.07, 6.45) is 1.57. The molecule has 0 spiro atoms. The average Bonchev–Trinajstić information content (AvgIpc) is 2.66. The van der Waals surface area contributed by atoms with Gasteiger partial charge in [-0.1, -0.05) is 38.1 Å². The van der Waals surface area contributed by atoms with Crippen LogP contribution in [0.2, 0.25) is 0 Å². The molecule has 0 aliphatic carbocycles. The number of fused-ring (bicyclic) bond motifs is 1. The molecule has 26 heavy (non-hydrogen) atoms. The van der Waals surface area contributed by atoms with E-state index < -0.39 is 0 Å². The van der Waals surface area contributed by atoms with Gasteiger partial charge in [0.05, 0.1) is 37.0 Å². The zero-order valence-electron chi connectivity index (χ0n) is 15.2. The Morgan fingerprint density at radius 1 is 1.00 bits per heavy atom. The third-order valence-electron chi connectivity index (χ3n) is 4.25. The third-order valence-corrected chi connectivity index (χ3v) is 4.25. The van der Waals surface area contributed by atoms with Crippen molar-refractivity contribution in [3.63, 3.8) is 0 Å². The van der Waals surface area contributed by atoms with Gasteiger partial charge in [0, 0.05) is 0 Å². The summed E-state index contributed by atoms with van der Waals surface area (Å²) in [5.74, 6) is 1.35. The second kappa shape index (κ2) is 8.63. The lowest BCUT2D eigenvalue weighted by molar-refractivity contribution is 0.0938. The van der Waals surface area contributed by atoms with Gasteiger partial charge in [0.25, 0.3) is 5.56 Å². The molecule has 0 aliphatic heterocycles. The van der Waals surface area contributed by atoms with Crippen molar-refractivity contribution in [1.82, 2.24) is 9.55 Å². The van der Waals surface area contributed by atoms with E-state index in [1.807, 2.05) is 30.3 Å². The molecule has 0 saturated carbocycles. The maximum absolute atomic E-state index is 12.4. The van der Waals surface area contributed by atoms with Gasteiger partial charge >= 0.3 is 0 Å². The molecule has 2 aromatic carbocycles. The zero-order valence-corrected chi connectivity index (χ0v) is 15.2. The molecule has 0 atom stereocenters. The number of para-hydroxylation sites is 1. The van der Waals surface area contributed by atoms with Crippen LogP contribution in [0, 0.1) is 0 Å². The van der Waals surface area contributed by atoms with E-state index in [0.29, 0.717) is 43.2 Å². The Labute approximate surface area is 153 Å². The highest BCUT2D eigenvalue weighted by molar-refractivity contribution is 5.76. The van der Waals surface area contributed by atoms with Crippen LogP contribution in [0.4, 0.5) is 0 Å². The molecule has 1 aromatic heterocycles. The van der Waals surface area contributed by atoms with E-state index in [1.165, 1.54) is 5.56 Å². The average molecular weight is 352 g/mol. The monoisotopic (exact) mass is 352 g/mol. The van der Waals surface area contributed by atoms with Gasteiger partial charge in [-0.15, -0.1) is 0 Å². The summed E-state index contributed by atoms with van der Waals surface area (Å²) in [4.78, 5) is 16.7. The molecular formula is C21H24N2O3. The van der Waals surface area contributed by atoms with Crippen molar-refractivity contribution in [1.29, 1.82) is 0 Å². The Hall–Kier alpha value is -2.66. The van der Waals surface area contributed by atoms with Gasteiger partial charge in [-0.05, 0) is 35.7 Å². The molecule has 0 amide bonds. The van der Waals surface area contributed by atoms with Gasteiger partial charge in [0.2, 0.25) is 0 Å². The van der Waals surface area contributed by atoms with Crippen molar-refractivity contribution in [3.05, 3.63) is 70.8 Å². The maximum atomic E-state index is 12.4. The highest BCUT2D eigenvalue weighted by atomic mass is 16.5. The number of ether oxygens (including phenoxy) is 2. The Bertz CT molecular complexity index is 901. The largest absolute Gasteiger partial charge is 0.491 e. The van der Waals surface area contributed by atoms with Gasteiger partial charge < -0.3 is 9.47 Å². The summed E-state index contributed by atoms with van der Waals surface area (Å²) in [7, 11) is 0. The van der Waals surface area contributed by atoms with E-state index >= 15 is 0 Å². The van der Waals surface area contributed by atoms with Crippen molar-refractivity contribution in [2.75, 3.05) is 19.8 Å². The minimum atomic E-state index is -0.0410. The van der Waals surface area contributed by atoms with Crippen LogP contribution in [0.25, 0.3) is 10.9 Å². The molecule has 0 bridgehead atoms. The molecule has 1 heterocycles. The zero-order chi connectivity index (χ0) is 18.4. The van der Waals surface area contributed by atoms with Crippen molar-refractivity contribution >= 4 is 10.9 Å². The Balaban J connectivity index is 1.42. The Morgan fingerprint density at radius 3 is 2.54 bits per heavy atom. The first-order valence-corrected chi connectivity index (χ1v) is 8.90. The molecule has 0 N–H and O–H groups in total. The van der Waals surface area contributed by atoms with Crippen LogP contribution in [-0.4, -0.2) is 29.4 Å². The molecule has 0 fully saturated rings. The highest BCUT2D eigenvalue weighted by Crippen LogP contribution is 2.18. The molecule has 5 heteroatoms. The van der Waals surface area contributed by atoms with E-state index in [1.54, 1.807) is 17.0 Å². The number of hydrogen-bond acceptors (Lipinski definition) is 4. The van der Waals surface area contributed by atoms with E-state index in [0.717, 1.165) is 5.75 Å². The lowest BCUT2D eigenvalue weighted by Crippen LogP contribution is -2.23. The Kier molecular flexibility index (Phi) is 6.02. The fraction of sp³-hybridized carbons (Fsp3) is 0.333. The van der Waals surface area contributed by atoms with E-state index in [2.05, 4.69) is 31.0 Å². The molecular weight excluding hydrogens is 328 g/mol. The number of nitrogens with zero attached hydrogens (tertiary/aromatic N) is 2. The second-order valence-electron chi connectivity index (χ2n) is 6.44. The summed E-state index contributed by atoms with van der Waals surface area (Å²) < 4.78 is 12.8. The smallest absolute Gasteiger partial charge is 0.261 e. The highest BCUT2D eigenvalue weighted by Gasteiger charge is 2.03. The van der Waals surface area contributed by atoms with Gasteiger partial charge in [-0.2, -0.15) is 0 Å². The molecule has 0 radical (unpaired) electrons. The first-order valence-electron chi connectivity index (χ1n) is 8.90. The number of hydrogen-bond donors (Lipinski definition) is 0. The van der Waals surface area contributed by atoms with Crippen molar-refractivity contribution < 1.29 is 9.47 Å². The lowest BCUT2D eigenvalue weighted by Gasteiger charge is -2.10. The predicted octanol–water partition coefficient (Wildman–Crippen LogP) is 3.62. The van der Waals surface area contributed by atoms with E-state index in [4.69, 9.17) is 9.47 Å². The molecule has 5 nitrogen and oxygen atoms in total. The van der Waals surface area contributed by atoms with Crippen LogP contribution < -0.4 is 10.3 Å². The van der Waals surface area contributed by atoms with Gasteiger partial charge in [0.1, 0.15) is 12.4 Å². The summed E-state index contributed by atoms with van der Waals surface area (Å²) in [6.45, 7) is 6.20. The number of rotatable bonds is 8. The maximum Gasteiger partial charge on any atom is 0.261 e. The van der Waals surface area contributed by atoms with Crippen LogP contribution >= 0.6 is 0 Å². The van der Waals surface area contributed by atoms with Crippen LogP contribution in [0.15, 0.2) is 59.7 Å². The predicted molar refractivity (Wildman–Crippen MR) is 103 cm³/mol. The molecule has 0 unspecified atom stereocenters. The third kappa shape index (κ3) is 4.49. The van der Waals surface area contributed by atoms with Gasteiger partial charge in [-0.3, -0.25) is 9.36 Å². The quantitative estimate of drug-likeness (QED) is 0.581. The van der Waals surface area contributed by atoms with Crippen LogP contribution in [0.1, 0.15) is 25.3 Å². The van der Waals surface area contributed by atoms with Crippen molar-refractivity contribution in [2.24, 2.45) is 0 Å². The lowest BCUT2D eigenvalue weighted by atomic mass is 10.0. The minimum Gasteiger partial charge on any atom is -0.491 e. The molecule has 0 aliphatic rings. The number of aromatic nitrogens is 2. The topological polar surface area (TPSA) is 53.4 Å². The van der Waals surface area contributed by atoms with Gasteiger partial charge in [0.15, 0.2) is 0 Å². The van der Waals surface area contributed by atoms with Crippen LogP contribution in [0.3, 0.4) is 0 Å². The minimum absolute atomic E-state index is 0.0410. The fourth-order valence-corrected chi connectivity index (χ4v) is 2.70. The van der Waals surface area contributed by atoms with Crippen molar-refractivity contribution in [2.45, 2.75) is 26.3 Å². The normalized spacial score (nSPS) is 11.2. The van der Waals surface area contributed by atoms with E-state index in [-0.39, 0.29) is 5.56 Å². The Morgan fingerprint density at radius 2 is 1.77 bits per heavy atom. The summed E-state index contributed by atoms with van der Waals surface area (Å²) in [5, 5.41) is 0.628. The summed E-state index contributed by atoms with van der Waals surface area (Å²) in [6, 6.07) is 15.5. The molecule has 3 rings (SSSR count). The molecule has 0 saturated heterocycles. The first kappa shape index (κ1) is 18.1. The molecule has 3 aromatic rings. The van der Waals surface area contributed by atoms with Gasteiger partial charge in [-0.25, -0.2) is 4.98 Å². The number of benzene rings is 2. The van der Waals surface area contributed by atoms with Crippen molar-refractivity contribution in [3.8, 4) is 5.75 Å². The summed E-state index contributed by atoms with van der Waals surface area (Å²) >= 11 is 0. The first-order chi connectivity index (χ1) is 12.6.